The first-order valence-electron chi connectivity index (χ1n) is 9.76. The zero-order valence-corrected chi connectivity index (χ0v) is 18.0. The number of nitro groups is 1. The summed E-state index contributed by atoms with van der Waals surface area (Å²) in [6.07, 6.45) is 0. The van der Waals surface area contributed by atoms with Gasteiger partial charge in [0.15, 0.2) is 0 Å². The molecule has 0 spiro atoms. The fourth-order valence-electron chi connectivity index (χ4n) is 3.74. The Hall–Kier alpha value is -3.18. The number of anilines is 2. The van der Waals surface area contributed by atoms with Crippen LogP contribution >= 0.6 is 0 Å². The Morgan fingerprint density at radius 3 is 2.29 bits per heavy atom. The van der Waals surface area contributed by atoms with Gasteiger partial charge in [0.05, 0.1) is 31.3 Å². The largest absolute Gasteiger partial charge is 0.466 e. The van der Waals surface area contributed by atoms with Crippen LogP contribution in [0.5, 0.6) is 0 Å². The molecule has 2 heterocycles. The van der Waals surface area contributed by atoms with E-state index in [1.807, 2.05) is 11.9 Å². The third kappa shape index (κ3) is 4.47. The molecule has 11 nitrogen and oxygen atoms in total. The lowest BCUT2D eigenvalue weighted by atomic mass is 10.1. The van der Waals surface area contributed by atoms with E-state index in [4.69, 9.17) is 14.2 Å². The lowest BCUT2D eigenvalue weighted by Crippen LogP contribution is -2.45. The van der Waals surface area contributed by atoms with Gasteiger partial charge in [-0.25, -0.2) is 9.59 Å². The Morgan fingerprint density at radius 2 is 1.71 bits per heavy atom. The average Bonchev–Trinajstić information content (AvgIpc) is 2.77. The van der Waals surface area contributed by atoms with E-state index in [-0.39, 0.29) is 30.3 Å². The van der Waals surface area contributed by atoms with Crippen molar-refractivity contribution in [3.05, 3.63) is 39.1 Å². The second-order valence-electron chi connectivity index (χ2n) is 7.39. The highest BCUT2D eigenvalue weighted by Crippen LogP contribution is 2.38. The normalized spacial score (nSPS) is 17.5. The molecule has 31 heavy (non-hydrogen) atoms. The van der Waals surface area contributed by atoms with Crippen molar-refractivity contribution in [1.29, 1.82) is 0 Å². The molecule has 0 aromatic heterocycles. The Kier molecular flexibility index (Phi) is 6.76. The van der Waals surface area contributed by atoms with Crippen LogP contribution in [0, 0.1) is 17.0 Å². The lowest BCUT2D eigenvalue weighted by molar-refractivity contribution is -0.384. The number of hydrogen-bond acceptors (Lipinski definition) is 10. The number of rotatable bonds is 5. The number of nitrogens with zero attached hydrogens (tertiary/aromatic N) is 4. The maximum absolute atomic E-state index is 12.6. The molecule has 0 saturated carbocycles. The Bertz CT molecular complexity index is 922. The maximum atomic E-state index is 12.6. The van der Waals surface area contributed by atoms with Gasteiger partial charge in [-0.15, -0.1) is 0 Å². The van der Waals surface area contributed by atoms with E-state index in [2.05, 4.69) is 4.90 Å². The number of ether oxygens (including phenoxy) is 3. The summed E-state index contributed by atoms with van der Waals surface area (Å²) in [5, 5.41) is 11.8. The van der Waals surface area contributed by atoms with Crippen LogP contribution in [0.1, 0.15) is 5.56 Å². The Labute approximate surface area is 179 Å². The number of benzene rings is 1. The molecule has 2 aliphatic rings. The fourth-order valence-corrected chi connectivity index (χ4v) is 3.74. The van der Waals surface area contributed by atoms with Gasteiger partial charge in [-0.05, 0) is 25.6 Å². The molecular weight excluding hydrogens is 408 g/mol. The van der Waals surface area contributed by atoms with Gasteiger partial charge in [0.2, 0.25) is 0 Å². The number of likely N-dealkylation sites (N-methyl/N-ethyl adjacent to an activating group) is 1. The number of carbonyl (C=O) groups is 2. The van der Waals surface area contributed by atoms with Crippen molar-refractivity contribution in [3.8, 4) is 0 Å². The van der Waals surface area contributed by atoms with E-state index in [9.17, 15) is 19.7 Å². The topological polar surface area (TPSA) is 115 Å². The van der Waals surface area contributed by atoms with E-state index in [0.717, 1.165) is 13.1 Å². The van der Waals surface area contributed by atoms with E-state index in [1.54, 1.807) is 13.0 Å². The molecule has 0 radical (unpaired) electrons. The van der Waals surface area contributed by atoms with Gasteiger partial charge in [0.25, 0.3) is 5.69 Å². The molecule has 168 valence electrons. The molecule has 2 aliphatic heterocycles. The molecule has 11 heteroatoms. The highest BCUT2D eigenvalue weighted by Gasteiger charge is 2.34. The summed E-state index contributed by atoms with van der Waals surface area (Å²) in [4.78, 5) is 41.8. The minimum absolute atomic E-state index is 0.00174. The third-order valence-electron chi connectivity index (χ3n) is 5.46. The summed E-state index contributed by atoms with van der Waals surface area (Å²) >= 11 is 0. The van der Waals surface area contributed by atoms with Gasteiger partial charge in [-0.3, -0.25) is 10.1 Å². The van der Waals surface area contributed by atoms with Gasteiger partial charge in [-0.2, -0.15) is 0 Å². The molecule has 0 amide bonds. The van der Waals surface area contributed by atoms with E-state index in [1.165, 1.54) is 25.2 Å². The molecule has 0 aliphatic carbocycles. The SMILES string of the molecule is COC(=O)C1=C(C(=O)OC)N(c2cc(N3CCN(C)CC3)c([N+](=O)[O-])cc2C)COC1. The number of nitro benzene ring substituents is 1. The second-order valence-corrected chi connectivity index (χ2v) is 7.39. The molecule has 1 aromatic rings. The van der Waals surface area contributed by atoms with E-state index >= 15 is 0 Å². The number of esters is 2. The molecular formula is C20H26N4O7. The average molecular weight is 434 g/mol. The summed E-state index contributed by atoms with van der Waals surface area (Å²) in [6.45, 7) is 4.38. The van der Waals surface area contributed by atoms with Crippen LogP contribution in [0.25, 0.3) is 0 Å². The van der Waals surface area contributed by atoms with Crippen LogP contribution in [-0.2, 0) is 23.8 Å². The van der Waals surface area contributed by atoms with Crippen molar-refractivity contribution in [1.82, 2.24) is 4.90 Å². The first-order valence-corrected chi connectivity index (χ1v) is 9.76. The molecule has 1 fully saturated rings. The van der Waals surface area contributed by atoms with Gasteiger partial charge in [0.1, 0.15) is 18.1 Å². The van der Waals surface area contributed by atoms with Gasteiger partial charge in [0, 0.05) is 37.9 Å². The highest BCUT2D eigenvalue weighted by molar-refractivity contribution is 6.03. The standard InChI is InChI=1S/C20H26N4O7/c1-13-9-17(24(27)28)16(22-7-5-21(2)6-8-22)10-15(13)23-12-31-11-14(19(25)29-3)18(23)20(26)30-4/h9-10H,5-8,11-12H2,1-4H3. The summed E-state index contributed by atoms with van der Waals surface area (Å²) in [6, 6.07) is 3.15. The Balaban J connectivity index is 2.14. The van der Waals surface area contributed by atoms with E-state index < -0.39 is 16.9 Å². The van der Waals surface area contributed by atoms with Crippen molar-refractivity contribution in [2.75, 3.05) is 70.6 Å². The van der Waals surface area contributed by atoms with Crippen molar-refractivity contribution >= 4 is 29.0 Å². The van der Waals surface area contributed by atoms with Gasteiger partial charge >= 0.3 is 11.9 Å². The van der Waals surface area contributed by atoms with Crippen molar-refractivity contribution in [2.45, 2.75) is 6.92 Å². The molecule has 0 N–H and O–H groups in total. The molecule has 0 unspecified atom stereocenters. The summed E-state index contributed by atoms with van der Waals surface area (Å²) in [5.74, 6) is -1.42. The first kappa shape index (κ1) is 22.5. The zero-order chi connectivity index (χ0) is 22.7. The predicted octanol–water partition coefficient (Wildman–Crippen LogP) is 1.05. The Morgan fingerprint density at radius 1 is 1.06 bits per heavy atom. The highest BCUT2D eigenvalue weighted by atomic mass is 16.6. The number of aryl methyl sites for hydroxylation is 1. The van der Waals surface area contributed by atoms with Crippen molar-refractivity contribution in [3.63, 3.8) is 0 Å². The monoisotopic (exact) mass is 434 g/mol. The van der Waals surface area contributed by atoms with E-state index in [0.29, 0.717) is 30.0 Å². The van der Waals surface area contributed by atoms with Crippen LogP contribution in [-0.4, -0.2) is 82.5 Å². The summed E-state index contributed by atoms with van der Waals surface area (Å²) in [5.41, 5.74) is 1.54. The maximum Gasteiger partial charge on any atom is 0.355 e. The van der Waals surface area contributed by atoms with Crippen LogP contribution in [0.2, 0.25) is 0 Å². The zero-order valence-electron chi connectivity index (χ0n) is 18.0. The van der Waals surface area contributed by atoms with Crippen LogP contribution < -0.4 is 9.80 Å². The summed E-state index contributed by atoms with van der Waals surface area (Å²) < 4.78 is 15.2. The number of carbonyl (C=O) groups excluding carboxylic acids is 2. The molecule has 0 atom stereocenters. The van der Waals surface area contributed by atoms with Crippen LogP contribution in [0.3, 0.4) is 0 Å². The first-order chi connectivity index (χ1) is 14.8. The fraction of sp³-hybridized carbons (Fsp3) is 0.500. The number of methoxy groups -OCH3 is 2. The molecule has 1 aromatic carbocycles. The lowest BCUT2D eigenvalue weighted by Gasteiger charge is -2.36. The number of piperazine rings is 1. The minimum Gasteiger partial charge on any atom is -0.466 e. The second kappa shape index (κ2) is 9.31. The quantitative estimate of drug-likeness (QED) is 0.378. The van der Waals surface area contributed by atoms with Crippen LogP contribution in [0.15, 0.2) is 23.4 Å². The minimum atomic E-state index is -0.720. The number of hydrogen-bond donors (Lipinski definition) is 0. The molecule has 1 saturated heterocycles. The van der Waals surface area contributed by atoms with Gasteiger partial charge in [-0.1, -0.05) is 0 Å². The van der Waals surface area contributed by atoms with Crippen molar-refractivity contribution < 1.29 is 28.7 Å². The predicted molar refractivity (Wildman–Crippen MR) is 112 cm³/mol. The van der Waals surface area contributed by atoms with Crippen molar-refractivity contribution in [2.24, 2.45) is 0 Å². The molecule has 3 rings (SSSR count). The molecule has 0 bridgehead atoms. The summed E-state index contributed by atoms with van der Waals surface area (Å²) in [7, 11) is 4.43. The third-order valence-corrected chi connectivity index (χ3v) is 5.46. The van der Waals surface area contributed by atoms with Crippen LogP contribution in [0.4, 0.5) is 17.1 Å². The smallest absolute Gasteiger partial charge is 0.355 e. The van der Waals surface area contributed by atoms with Gasteiger partial charge < -0.3 is 28.9 Å².